The molecule has 0 heterocycles. The van der Waals surface area contributed by atoms with Gasteiger partial charge in [0.2, 0.25) is 0 Å². The average Bonchev–Trinajstić information content (AvgIpc) is 2.68. The Balaban J connectivity index is 2.07. The van der Waals surface area contributed by atoms with E-state index in [2.05, 4.69) is 19.2 Å². The van der Waals surface area contributed by atoms with Crippen molar-refractivity contribution in [3.8, 4) is 11.1 Å². The fourth-order valence-corrected chi connectivity index (χ4v) is 3.25. The highest BCUT2D eigenvalue weighted by Gasteiger charge is 2.13. The quantitative estimate of drug-likeness (QED) is 0.461. The van der Waals surface area contributed by atoms with Crippen molar-refractivity contribution in [1.29, 1.82) is 0 Å². The zero-order chi connectivity index (χ0) is 20.5. The van der Waals surface area contributed by atoms with E-state index in [1.165, 1.54) is 25.3 Å². The van der Waals surface area contributed by atoms with Crippen LogP contribution in [0.15, 0.2) is 36.4 Å². The van der Waals surface area contributed by atoms with Gasteiger partial charge in [-0.1, -0.05) is 57.2 Å². The van der Waals surface area contributed by atoms with Crippen LogP contribution in [0.4, 0.5) is 14.9 Å². The molecule has 2 aromatic carbocycles. The van der Waals surface area contributed by atoms with E-state index in [4.69, 9.17) is 4.74 Å². The number of anilines is 1. The predicted octanol–water partition coefficient (Wildman–Crippen LogP) is 7.26. The molecule has 1 unspecified atom stereocenters. The lowest BCUT2D eigenvalue weighted by molar-refractivity contribution is 0.136. The number of benzene rings is 2. The lowest BCUT2D eigenvalue weighted by atomic mass is 9.99. The van der Waals surface area contributed by atoms with Crippen molar-refractivity contribution in [2.45, 2.75) is 59.8 Å². The smallest absolute Gasteiger partial charge is 0.411 e. The molecule has 0 aromatic heterocycles. The van der Waals surface area contributed by atoms with Crippen LogP contribution in [0, 0.1) is 25.6 Å². The standard InChI is InChI=1S/C24H32FNO2/c1-5-7-8-9-19(6-2)16-28-24(27)26-23-13-10-17(3)14-21(23)20-11-12-22(25)18(4)15-20/h10-15,19H,5-9,16H2,1-4H3,(H,26,27). The number of carbonyl (C=O) groups is 1. The van der Waals surface area contributed by atoms with Gasteiger partial charge in [-0.3, -0.25) is 5.32 Å². The van der Waals surface area contributed by atoms with E-state index in [1.54, 1.807) is 19.1 Å². The molecule has 152 valence electrons. The summed E-state index contributed by atoms with van der Waals surface area (Å²) in [6.07, 6.45) is 5.22. The molecular weight excluding hydrogens is 353 g/mol. The van der Waals surface area contributed by atoms with Gasteiger partial charge in [0.1, 0.15) is 5.82 Å². The van der Waals surface area contributed by atoms with Crippen molar-refractivity contribution >= 4 is 11.8 Å². The first kappa shape index (κ1) is 21.9. The Morgan fingerprint density at radius 1 is 1.11 bits per heavy atom. The molecule has 0 fully saturated rings. The molecule has 0 aliphatic carbocycles. The first-order chi connectivity index (χ1) is 13.4. The molecule has 1 atom stereocenters. The summed E-state index contributed by atoms with van der Waals surface area (Å²) in [5.74, 6) is 0.161. The number of hydrogen-bond acceptors (Lipinski definition) is 2. The number of ether oxygens (including phenoxy) is 1. The third-order valence-electron chi connectivity index (χ3n) is 5.12. The van der Waals surface area contributed by atoms with E-state index < -0.39 is 6.09 Å². The Morgan fingerprint density at radius 2 is 1.89 bits per heavy atom. The van der Waals surface area contributed by atoms with Crippen molar-refractivity contribution in [1.82, 2.24) is 0 Å². The molecule has 1 N–H and O–H groups in total. The van der Waals surface area contributed by atoms with Crippen LogP contribution >= 0.6 is 0 Å². The van der Waals surface area contributed by atoms with Crippen molar-refractivity contribution in [2.24, 2.45) is 5.92 Å². The van der Waals surface area contributed by atoms with Crippen LogP contribution in [-0.4, -0.2) is 12.7 Å². The SMILES string of the molecule is CCCCCC(CC)COC(=O)Nc1ccc(C)cc1-c1ccc(F)c(C)c1. The Bertz CT molecular complexity index is 788. The van der Waals surface area contributed by atoms with Gasteiger partial charge < -0.3 is 4.74 Å². The topological polar surface area (TPSA) is 38.3 Å². The normalized spacial score (nSPS) is 11.9. The fraction of sp³-hybridized carbons (Fsp3) is 0.458. The fourth-order valence-electron chi connectivity index (χ4n) is 3.25. The highest BCUT2D eigenvalue weighted by atomic mass is 19.1. The summed E-state index contributed by atoms with van der Waals surface area (Å²) >= 11 is 0. The highest BCUT2D eigenvalue weighted by molar-refractivity contribution is 5.91. The number of nitrogens with one attached hydrogen (secondary N) is 1. The monoisotopic (exact) mass is 385 g/mol. The zero-order valence-corrected chi connectivity index (χ0v) is 17.5. The third kappa shape index (κ3) is 6.36. The van der Waals surface area contributed by atoms with Gasteiger partial charge in [0.05, 0.1) is 12.3 Å². The molecule has 0 bridgehead atoms. The van der Waals surface area contributed by atoms with Crippen molar-refractivity contribution in [3.05, 3.63) is 53.3 Å². The molecule has 2 rings (SSSR count). The number of unbranched alkanes of at least 4 members (excludes halogenated alkanes) is 2. The zero-order valence-electron chi connectivity index (χ0n) is 17.5. The first-order valence-electron chi connectivity index (χ1n) is 10.3. The second-order valence-electron chi connectivity index (χ2n) is 7.51. The summed E-state index contributed by atoms with van der Waals surface area (Å²) in [4.78, 5) is 12.4. The van der Waals surface area contributed by atoms with E-state index in [-0.39, 0.29) is 5.82 Å². The van der Waals surface area contributed by atoms with Crippen LogP contribution in [0.3, 0.4) is 0 Å². The van der Waals surface area contributed by atoms with E-state index >= 15 is 0 Å². The van der Waals surface area contributed by atoms with Crippen LogP contribution < -0.4 is 5.32 Å². The van der Waals surface area contributed by atoms with Gasteiger partial charge in [0.15, 0.2) is 0 Å². The number of amides is 1. The maximum absolute atomic E-state index is 13.6. The van der Waals surface area contributed by atoms with Gasteiger partial charge in [0, 0.05) is 5.56 Å². The number of hydrogen-bond donors (Lipinski definition) is 1. The van der Waals surface area contributed by atoms with Gasteiger partial charge in [-0.05, 0) is 61.6 Å². The van der Waals surface area contributed by atoms with Gasteiger partial charge >= 0.3 is 6.09 Å². The lowest BCUT2D eigenvalue weighted by Crippen LogP contribution is -2.19. The highest BCUT2D eigenvalue weighted by Crippen LogP contribution is 2.30. The van der Waals surface area contributed by atoms with Gasteiger partial charge in [-0.25, -0.2) is 9.18 Å². The number of aryl methyl sites for hydroxylation is 2. The van der Waals surface area contributed by atoms with Gasteiger partial charge in [0.25, 0.3) is 0 Å². The molecule has 1 amide bonds. The molecule has 2 aromatic rings. The number of rotatable bonds is 9. The molecule has 0 aliphatic rings. The maximum atomic E-state index is 13.6. The van der Waals surface area contributed by atoms with Crippen LogP contribution in [-0.2, 0) is 4.74 Å². The molecule has 0 spiro atoms. The maximum Gasteiger partial charge on any atom is 0.411 e. The number of halogens is 1. The molecule has 0 aliphatic heterocycles. The molecule has 0 saturated heterocycles. The lowest BCUT2D eigenvalue weighted by Gasteiger charge is -2.17. The minimum atomic E-state index is -0.446. The van der Waals surface area contributed by atoms with E-state index in [9.17, 15) is 9.18 Å². The Hall–Kier alpha value is -2.36. The minimum Gasteiger partial charge on any atom is -0.449 e. The summed E-state index contributed by atoms with van der Waals surface area (Å²) in [5.41, 5.74) is 4.03. The summed E-state index contributed by atoms with van der Waals surface area (Å²) < 4.78 is 19.1. The molecule has 0 radical (unpaired) electrons. The molecule has 28 heavy (non-hydrogen) atoms. The Kier molecular flexibility index (Phi) is 8.49. The van der Waals surface area contributed by atoms with Gasteiger partial charge in [-0.2, -0.15) is 0 Å². The molecule has 4 heteroatoms. The summed E-state index contributed by atoms with van der Waals surface area (Å²) in [7, 11) is 0. The Labute approximate surface area is 168 Å². The van der Waals surface area contributed by atoms with E-state index in [0.717, 1.165) is 29.5 Å². The van der Waals surface area contributed by atoms with Crippen LogP contribution in [0.5, 0.6) is 0 Å². The largest absolute Gasteiger partial charge is 0.449 e. The average molecular weight is 386 g/mol. The van der Waals surface area contributed by atoms with Crippen molar-refractivity contribution < 1.29 is 13.9 Å². The second kappa shape index (κ2) is 10.8. The molecular formula is C24H32FNO2. The first-order valence-corrected chi connectivity index (χ1v) is 10.3. The second-order valence-corrected chi connectivity index (χ2v) is 7.51. The minimum absolute atomic E-state index is 0.237. The summed E-state index contributed by atoms with van der Waals surface area (Å²) in [6.45, 7) is 8.48. The van der Waals surface area contributed by atoms with Crippen LogP contribution in [0.2, 0.25) is 0 Å². The van der Waals surface area contributed by atoms with Gasteiger partial charge in [-0.15, -0.1) is 0 Å². The summed E-state index contributed by atoms with van der Waals surface area (Å²) in [5, 5.41) is 2.86. The van der Waals surface area contributed by atoms with Crippen LogP contribution in [0.1, 0.15) is 57.1 Å². The van der Waals surface area contributed by atoms with Crippen LogP contribution in [0.25, 0.3) is 11.1 Å². The predicted molar refractivity (Wildman–Crippen MR) is 114 cm³/mol. The van der Waals surface area contributed by atoms with Crippen molar-refractivity contribution in [3.63, 3.8) is 0 Å². The van der Waals surface area contributed by atoms with E-state index in [1.807, 2.05) is 25.1 Å². The van der Waals surface area contributed by atoms with E-state index in [0.29, 0.717) is 23.8 Å². The number of carbonyl (C=O) groups excluding carboxylic acids is 1. The third-order valence-corrected chi connectivity index (χ3v) is 5.12. The summed E-state index contributed by atoms with van der Waals surface area (Å²) in [6, 6.07) is 10.8. The van der Waals surface area contributed by atoms with Crippen molar-refractivity contribution in [2.75, 3.05) is 11.9 Å². The molecule has 3 nitrogen and oxygen atoms in total. The Morgan fingerprint density at radius 3 is 2.57 bits per heavy atom. The molecule has 0 saturated carbocycles.